The molecule has 1 atom stereocenters. The van der Waals surface area contributed by atoms with E-state index in [2.05, 4.69) is 10.4 Å². The fourth-order valence-electron chi connectivity index (χ4n) is 2.73. The van der Waals surface area contributed by atoms with Crippen LogP contribution in [0.25, 0.3) is 0 Å². The number of amides is 2. The number of nitrogens with zero attached hydrogens (tertiary/aromatic N) is 3. The van der Waals surface area contributed by atoms with Crippen molar-refractivity contribution in [1.82, 2.24) is 15.1 Å². The van der Waals surface area contributed by atoms with Gasteiger partial charge >= 0.3 is 6.09 Å². The topological polar surface area (TPSA) is 76.5 Å². The average Bonchev–Trinajstić information content (AvgIpc) is 3.12. The van der Waals surface area contributed by atoms with Crippen LogP contribution in [0.5, 0.6) is 0 Å². The number of aryl methyl sites for hydroxylation is 3. The molecule has 126 valence electrons. The SMILES string of the molecule is Cc1ccc(C)c(C(=O)NCC2CN(c3ccnn3C)C(=O)O2)c1. The Labute approximate surface area is 140 Å². The summed E-state index contributed by atoms with van der Waals surface area (Å²) in [6.07, 6.45) is 0.809. The first-order chi connectivity index (χ1) is 11.5. The number of hydrogen-bond donors (Lipinski definition) is 1. The summed E-state index contributed by atoms with van der Waals surface area (Å²) in [4.78, 5) is 25.9. The van der Waals surface area contributed by atoms with Crippen LogP contribution in [0.3, 0.4) is 0 Å². The third-order valence-electron chi connectivity index (χ3n) is 4.07. The van der Waals surface area contributed by atoms with Crippen LogP contribution in [0.4, 0.5) is 10.6 Å². The second-order valence-electron chi connectivity index (χ2n) is 5.96. The lowest BCUT2D eigenvalue weighted by Crippen LogP contribution is -2.35. The first-order valence-electron chi connectivity index (χ1n) is 7.77. The van der Waals surface area contributed by atoms with Gasteiger partial charge < -0.3 is 10.1 Å². The second kappa shape index (κ2) is 6.35. The first-order valence-corrected chi connectivity index (χ1v) is 7.77. The van der Waals surface area contributed by atoms with Gasteiger partial charge in [-0.05, 0) is 25.5 Å². The van der Waals surface area contributed by atoms with Crippen LogP contribution in [0, 0.1) is 13.8 Å². The van der Waals surface area contributed by atoms with Gasteiger partial charge in [0.15, 0.2) is 0 Å². The third kappa shape index (κ3) is 3.10. The summed E-state index contributed by atoms with van der Waals surface area (Å²) in [5.74, 6) is 0.509. The largest absolute Gasteiger partial charge is 0.442 e. The van der Waals surface area contributed by atoms with Gasteiger partial charge in [0.1, 0.15) is 11.9 Å². The van der Waals surface area contributed by atoms with Crippen molar-refractivity contribution in [3.63, 3.8) is 0 Å². The Kier molecular flexibility index (Phi) is 4.24. The van der Waals surface area contributed by atoms with Gasteiger partial charge in [0.05, 0.1) is 19.3 Å². The van der Waals surface area contributed by atoms with Crippen molar-refractivity contribution in [2.45, 2.75) is 20.0 Å². The zero-order valence-corrected chi connectivity index (χ0v) is 13.9. The van der Waals surface area contributed by atoms with Gasteiger partial charge in [0.25, 0.3) is 5.91 Å². The van der Waals surface area contributed by atoms with E-state index in [0.717, 1.165) is 11.1 Å². The Bertz CT molecular complexity index is 784. The highest BCUT2D eigenvalue weighted by atomic mass is 16.6. The summed E-state index contributed by atoms with van der Waals surface area (Å²) >= 11 is 0. The monoisotopic (exact) mass is 328 g/mol. The van der Waals surface area contributed by atoms with E-state index < -0.39 is 6.09 Å². The van der Waals surface area contributed by atoms with Gasteiger partial charge in [0, 0.05) is 18.7 Å². The predicted octanol–water partition coefficient (Wildman–Crippen LogP) is 1.79. The van der Waals surface area contributed by atoms with E-state index >= 15 is 0 Å². The molecular formula is C17H20N4O3. The van der Waals surface area contributed by atoms with Crippen LogP contribution >= 0.6 is 0 Å². The second-order valence-corrected chi connectivity index (χ2v) is 5.96. The molecule has 2 heterocycles. The molecular weight excluding hydrogens is 308 g/mol. The molecule has 1 saturated heterocycles. The minimum absolute atomic E-state index is 0.161. The van der Waals surface area contributed by atoms with Gasteiger partial charge in [-0.15, -0.1) is 0 Å². The van der Waals surface area contributed by atoms with Crippen LogP contribution in [0.1, 0.15) is 21.5 Å². The highest BCUT2D eigenvalue weighted by Crippen LogP contribution is 2.20. The van der Waals surface area contributed by atoms with Crippen LogP contribution in [0.2, 0.25) is 0 Å². The van der Waals surface area contributed by atoms with Crippen molar-refractivity contribution >= 4 is 17.8 Å². The summed E-state index contributed by atoms with van der Waals surface area (Å²) in [5.41, 5.74) is 2.58. The average molecular weight is 328 g/mol. The van der Waals surface area contributed by atoms with Crippen molar-refractivity contribution in [2.75, 3.05) is 18.0 Å². The molecule has 7 heteroatoms. The molecule has 1 aliphatic rings. The van der Waals surface area contributed by atoms with E-state index in [1.807, 2.05) is 32.0 Å². The molecule has 3 rings (SSSR count). The molecule has 1 fully saturated rings. The van der Waals surface area contributed by atoms with E-state index in [4.69, 9.17) is 4.74 Å². The number of aromatic nitrogens is 2. The van der Waals surface area contributed by atoms with E-state index in [9.17, 15) is 9.59 Å². The zero-order valence-electron chi connectivity index (χ0n) is 13.9. The van der Waals surface area contributed by atoms with Crippen LogP contribution in [-0.4, -0.2) is 41.0 Å². The Morgan fingerprint density at radius 2 is 2.17 bits per heavy atom. The molecule has 1 aromatic heterocycles. The molecule has 2 amide bonds. The number of cyclic esters (lactones) is 1. The fourth-order valence-corrected chi connectivity index (χ4v) is 2.73. The normalized spacial score (nSPS) is 17.0. The van der Waals surface area contributed by atoms with Gasteiger partial charge in [-0.25, -0.2) is 4.79 Å². The summed E-state index contributed by atoms with van der Waals surface area (Å²) in [5, 5.41) is 6.89. The molecule has 2 aromatic rings. The Morgan fingerprint density at radius 3 is 2.88 bits per heavy atom. The first kappa shape index (κ1) is 16.0. The maximum absolute atomic E-state index is 12.3. The molecule has 0 spiro atoms. The maximum Gasteiger partial charge on any atom is 0.416 e. The standard InChI is InChI=1S/C17H20N4O3/c1-11-4-5-12(2)14(8-11)16(22)18-9-13-10-21(17(23)24-13)15-6-7-19-20(15)3/h4-8,13H,9-10H2,1-3H3,(H,18,22). The molecule has 1 N–H and O–H groups in total. The van der Waals surface area contributed by atoms with Crippen molar-refractivity contribution in [3.8, 4) is 0 Å². The van der Waals surface area contributed by atoms with Crippen LogP contribution < -0.4 is 10.2 Å². The molecule has 1 unspecified atom stereocenters. The minimum atomic E-state index is -0.426. The third-order valence-corrected chi connectivity index (χ3v) is 4.07. The van der Waals surface area contributed by atoms with Gasteiger partial charge in [-0.2, -0.15) is 5.10 Å². The summed E-state index contributed by atoms with van der Waals surface area (Å²) in [6.45, 7) is 4.49. The number of ether oxygens (including phenoxy) is 1. The number of nitrogens with one attached hydrogen (secondary N) is 1. The van der Waals surface area contributed by atoms with Crippen molar-refractivity contribution in [3.05, 3.63) is 47.2 Å². The molecule has 0 saturated carbocycles. The van der Waals surface area contributed by atoms with Gasteiger partial charge in [-0.1, -0.05) is 17.7 Å². The Balaban J connectivity index is 1.62. The number of carbonyl (C=O) groups is 2. The van der Waals surface area contributed by atoms with E-state index in [0.29, 0.717) is 17.9 Å². The highest BCUT2D eigenvalue weighted by Gasteiger charge is 2.34. The number of benzene rings is 1. The quantitative estimate of drug-likeness (QED) is 0.928. The lowest BCUT2D eigenvalue weighted by molar-refractivity contribution is 0.0915. The van der Waals surface area contributed by atoms with E-state index in [1.54, 1.807) is 24.0 Å². The summed E-state index contributed by atoms with van der Waals surface area (Å²) in [6, 6.07) is 7.49. The molecule has 0 aliphatic carbocycles. The van der Waals surface area contributed by atoms with Crippen molar-refractivity contribution < 1.29 is 14.3 Å². The van der Waals surface area contributed by atoms with Gasteiger partial charge in [-0.3, -0.25) is 14.4 Å². The smallest absolute Gasteiger partial charge is 0.416 e. The number of anilines is 1. The molecule has 1 aliphatic heterocycles. The summed E-state index contributed by atoms with van der Waals surface area (Å²) < 4.78 is 6.93. The molecule has 24 heavy (non-hydrogen) atoms. The molecule has 1 aromatic carbocycles. The number of carbonyl (C=O) groups excluding carboxylic acids is 2. The number of rotatable bonds is 4. The van der Waals surface area contributed by atoms with Crippen molar-refractivity contribution in [2.24, 2.45) is 7.05 Å². The van der Waals surface area contributed by atoms with Gasteiger partial charge in [0.2, 0.25) is 0 Å². The lowest BCUT2D eigenvalue weighted by Gasteiger charge is -2.13. The van der Waals surface area contributed by atoms with Crippen LogP contribution in [0.15, 0.2) is 30.5 Å². The van der Waals surface area contributed by atoms with Crippen molar-refractivity contribution in [1.29, 1.82) is 0 Å². The Morgan fingerprint density at radius 1 is 1.38 bits per heavy atom. The predicted molar refractivity (Wildman–Crippen MR) is 89.1 cm³/mol. The zero-order chi connectivity index (χ0) is 17.3. The minimum Gasteiger partial charge on any atom is -0.442 e. The highest BCUT2D eigenvalue weighted by molar-refractivity contribution is 5.96. The summed E-state index contributed by atoms with van der Waals surface area (Å²) in [7, 11) is 1.76. The molecule has 0 radical (unpaired) electrons. The Hall–Kier alpha value is -2.83. The maximum atomic E-state index is 12.3. The number of hydrogen-bond acceptors (Lipinski definition) is 4. The van der Waals surface area contributed by atoms with E-state index in [-0.39, 0.29) is 18.6 Å². The van der Waals surface area contributed by atoms with E-state index in [1.165, 1.54) is 4.90 Å². The van der Waals surface area contributed by atoms with Crippen LogP contribution in [-0.2, 0) is 11.8 Å². The molecule has 7 nitrogen and oxygen atoms in total. The molecule has 0 bridgehead atoms. The lowest BCUT2D eigenvalue weighted by atomic mass is 10.1. The fraction of sp³-hybridized carbons (Fsp3) is 0.353.